The first-order chi connectivity index (χ1) is 11.8. The number of hydrogen-bond acceptors (Lipinski definition) is 3. The lowest BCUT2D eigenvalue weighted by atomic mass is 10.1. The number of hydrogen-bond donors (Lipinski definition) is 0. The molecule has 6 heteroatoms. The molecule has 0 N–H and O–H groups in total. The Morgan fingerprint density at radius 1 is 1.20 bits per heavy atom. The van der Waals surface area contributed by atoms with E-state index >= 15 is 0 Å². The standard InChI is InChI=1S/C19H24N4OS/c1-7-22-15-8-12(4)13(5)9-17(15)25-19(22)20-18(24)16-10-14(6)21-23(16)11(2)3/h8-11H,7H2,1-6H3. The number of thiazole rings is 1. The summed E-state index contributed by atoms with van der Waals surface area (Å²) in [5.74, 6) is -0.239. The predicted molar refractivity (Wildman–Crippen MR) is 102 cm³/mol. The molecule has 25 heavy (non-hydrogen) atoms. The molecular formula is C19H24N4OS. The molecule has 1 amide bonds. The molecule has 0 spiro atoms. The van der Waals surface area contributed by atoms with Crippen molar-refractivity contribution in [3.05, 3.63) is 45.5 Å². The van der Waals surface area contributed by atoms with Crippen LogP contribution >= 0.6 is 11.3 Å². The summed E-state index contributed by atoms with van der Waals surface area (Å²) in [6, 6.07) is 6.28. The number of nitrogens with zero attached hydrogens (tertiary/aromatic N) is 4. The number of rotatable bonds is 3. The highest BCUT2D eigenvalue weighted by Gasteiger charge is 2.16. The van der Waals surface area contributed by atoms with Gasteiger partial charge in [-0.3, -0.25) is 9.48 Å². The minimum absolute atomic E-state index is 0.119. The summed E-state index contributed by atoms with van der Waals surface area (Å²) < 4.78 is 5.01. The van der Waals surface area contributed by atoms with Crippen LogP contribution < -0.4 is 4.80 Å². The van der Waals surface area contributed by atoms with E-state index in [0.29, 0.717) is 5.69 Å². The van der Waals surface area contributed by atoms with Gasteiger partial charge in [0.1, 0.15) is 5.69 Å². The van der Waals surface area contributed by atoms with E-state index in [1.54, 1.807) is 16.0 Å². The van der Waals surface area contributed by atoms with Crippen LogP contribution in [0.5, 0.6) is 0 Å². The molecule has 0 saturated carbocycles. The summed E-state index contributed by atoms with van der Waals surface area (Å²) in [6.07, 6.45) is 0. The maximum atomic E-state index is 12.8. The zero-order chi connectivity index (χ0) is 18.3. The van der Waals surface area contributed by atoms with Crippen molar-refractivity contribution in [3.8, 4) is 0 Å². The van der Waals surface area contributed by atoms with Crippen LogP contribution in [-0.4, -0.2) is 20.3 Å². The topological polar surface area (TPSA) is 52.2 Å². The van der Waals surface area contributed by atoms with Gasteiger partial charge in [-0.15, -0.1) is 0 Å². The molecule has 2 heterocycles. The lowest BCUT2D eigenvalue weighted by Crippen LogP contribution is -2.18. The van der Waals surface area contributed by atoms with Gasteiger partial charge in [-0.25, -0.2) is 0 Å². The van der Waals surface area contributed by atoms with Gasteiger partial charge in [-0.1, -0.05) is 11.3 Å². The van der Waals surface area contributed by atoms with Crippen molar-refractivity contribution in [1.82, 2.24) is 14.3 Å². The minimum Gasteiger partial charge on any atom is -0.317 e. The van der Waals surface area contributed by atoms with Crippen LogP contribution in [0.4, 0.5) is 0 Å². The minimum atomic E-state index is -0.239. The molecule has 0 aliphatic rings. The van der Waals surface area contributed by atoms with Crippen molar-refractivity contribution >= 4 is 27.5 Å². The number of amides is 1. The number of carbonyl (C=O) groups excluding carboxylic acids is 1. The Kier molecular flexibility index (Phi) is 4.64. The average molecular weight is 356 g/mol. The van der Waals surface area contributed by atoms with Crippen LogP contribution in [0.25, 0.3) is 10.2 Å². The highest BCUT2D eigenvalue weighted by Crippen LogP contribution is 2.22. The molecule has 0 radical (unpaired) electrons. The lowest BCUT2D eigenvalue weighted by molar-refractivity contribution is 0.0986. The SMILES string of the molecule is CCn1c(=NC(=O)c2cc(C)nn2C(C)C)sc2cc(C)c(C)cc21. The smallest absolute Gasteiger partial charge is 0.297 e. The molecule has 1 aromatic carbocycles. The Morgan fingerprint density at radius 3 is 2.52 bits per heavy atom. The van der Waals surface area contributed by atoms with Crippen molar-refractivity contribution in [1.29, 1.82) is 0 Å². The molecule has 0 bridgehead atoms. The maximum absolute atomic E-state index is 12.8. The second-order valence-electron chi connectivity index (χ2n) is 6.66. The third-order valence-electron chi connectivity index (χ3n) is 4.38. The highest BCUT2D eigenvalue weighted by molar-refractivity contribution is 7.16. The number of benzene rings is 1. The highest BCUT2D eigenvalue weighted by atomic mass is 32.1. The number of carbonyl (C=O) groups is 1. The molecule has 3 rings (SSSR count). The Balaban J connectivity index is 2.17. The van der Waals surface area contributed by atoms with Crippen LogP contribution in [0.3, 0.4) is 0 Å². The van der Waals surface area contributed by atoms with Gasteiger partial charge in [0.2, 0.25) is 0 Å². The van der Waals surface area contributed by atoms with Crippen molar-refractivity contribution in [2.24, 2.45) is 4.99 Å². The summed E-state index contributed by atoms with van der Waals surface area (Å²) in [5, 5.41) is 4.41. The third kappa shape index (κ3) is 3.18. The molecule has 0 saturated heterocycles. The summed E-state index contributed by atoms with van der Waals surface area (Å²) in [4.78, 5) is 18.0. The zero-order valence-corrected chi connectivity index (χ0v) is 16.4. The fourth-order valence-electron chi connectivity index (χ4n) is 2.93. The molecule has 0 aliphatic heterocycles. The van der Waals surface area contributed by atoms with E-state index in [2.05, 4.69) is 47.6 Å². The summed E-state index contributed by atoms with van der Waals surface area (Å²) in [7, 11) is 0. The summed E-state index contributed by atoms with van der Waals surface area (Å²) >= 11 is 1.56. The van der Waals surface area contributed by atoms with Gasteiger partial charge in [-0.05, 0) is 70.9 Å². The maximum Gasteiger partial charge on any atom is 0.297 e. The van der Waals surface area contributed by atoms with E-state index in [4.69, 9.17) is 0 Å². The number of aryl methyl sites for hydroxylation is 4. The number of aromatic nitrogens is 3. The Labute approximate surface area is 151 Å². The van der Waals surface area contributed by atoms with Gasteiger partial charge in [-0.2, -0.15) is 10.1 Å². The van der Waals surface area contributed by atoms with Gasteiger partial charge in [0.15, 0.2) is 4.80 Å². The van der Waals surface area contributed by atoms with E-state index < -0.39 is 0 Å². The molecule has 2 aromatic heterocycles. The van der Waals surface area contributed by atoms with E-state index in [1.807, 2.05) is 26.8 Å². The van der Waals surface area contributed by atoms with E-state index in [-0.39, 0.29) is 11.9 Å². The Hall–Kier alpha value is -2.21. The summed E-state index contributed by atoms with van der Waals surface area (Å²) in [6.45, 7) is 13.0. The van der Waals surface area contributed by atoms with Gasteiger partial charge in [0, 0.05) is 12.6 Å². The van der Waals surface area contributed by atoms with Crippen LogP contribution in [0.2, 0.25) is 0 Å². The molecule has 0 unspecified atom stereocenters. The quantitative estimate of drug-likeness (QED) is 0.707. The van der Waals surface area contributed by atoms with Crippen molar-refractivity contribution in [3.63, 3.8) is 0 Å². The average Bonchev–Trinajstić information content (AvgIpc) is 3.08. The van der Waals surface area contributed by atoms with Crippen LogP contribution in [-0.2, 0) is 6.54 Å². The van der Waals surface area contributed by atoms with Gasteiger partial charge < -0.3 is 4.57 Å². The van der Waals surface area contributed by atoms with Crippen LogP contribution in [0, 0.1) is 20.8 Å². The fraction of sp³-hybridized carbons (Fsp3) is 0.421. The Morgan fingerprint density at radius 2 is 1.88 bits per heavy atom. The van der Waals surface area contributed by atoms with Crippen molar-refractivity contribution in [2.45, 2.75) is 54.1 Å². The van der Waals surface area contributed by atoms with E-state index in [1.165, 1.54) is 11.1 Å². The molecule has 0 atom stereocenters. The molecule has 0 fully saturated rings. The monoisotopic (exact) mass is 356 g/mol. The normalized spacial score (nSPS) is 12.5. The molecule has 3 aromatic rings. The summed E-state index contributed by atoms with van der Waals surface area (Å²) in [5.41, 5.74) is 5.01. The second kappa shape index (κ2) is 6.59. The van der Waals surface area contributed by atoms with Gasteiger partial charge >= 0.3 is 0 Å². The molecule has 132 valence electrons. The van der Waals surface area contributed by atoms with Crippen molar-refractivity contribution in [2.75, 3.05) is 0 Å². The largest absolute Gasteiger partial charge is 0.317 e. The fourth-order valence-corrected chi connectivity index (χ4v) is 4.10. The first-order valence-corrected chi connectivity index (χ1v) is 9.39. The van der Waals surface area contributed by atoms with Gasteiger partial charge in [0.25, 0.3) is 5.91 Å². The zero-order valence-electron chi connectivity index (χ0n) is 15.6. The Bertz CT molecular complexity index is 1020. The van der Waals surface area contributed by atoms with Crippen LogP contribution in [0.1, 0.15) is 54.1 Å². The first-order valence-electron chi connectivity index (χ1n) is 8.57. The number of fused-ring (bicyclic) bond motifs is 1. The van der Waals surface area contributed by atoms with E-state index in [9.17, 15) is 4.79 Å². The lowest BCUT2D eigenvalue weighted by Gasteiger charge is -2.08. The van der Waals surface area contributed by atoms with Crippen molar-refractivity contribution < 1.29 is 4.79 Å². The molecule has 5 nitrogen and oxygen atoms in total. The molecule has 0 aliphatic carbocycles. The first kappa shape index (κ1) is 17.6. The van der Waals surface area contributed by atoms with E-state index in [0.717, 1.165) is 27.3 Å². The predicted octanol–water partition coefficient (Wildman–Crippen LogP) is 4.17. The molecular weight excluding hydrogens is 332 g/mol. The van der Waals surface area contributed by atoms with Crippen LogP contribution in [0.15, 0.2) is 23.2 Å². The second-order valence-corrected chi connectivity index (χ2v) is 7.67. The third-order valence-corrected chi connectivity index (χ3v) is 5.42. The van der Waals surface area contributed by atoms with Gasteiger partial charge in [0.05, 0.1) is 15.9 Å².